The molecule has 0 saturated carbocycles. The van der Waals surface area contributed by atoms with Gasteiger partial charge >= 0.3 is 0 Å². The van der Waals surface area contributed by atoms with Gasteiger partial charge < -0.3 is 10.2 Å². The number of benzene rings is 3. The molecule has 31 heavy (non-hydrogen) atoms. The number of nitrogens with zero attached hydrogens (tertiary/aromatic N) is 2. The Morgan fingerprint density at radius 3 is 2.26 bits per heavy atom. The molecule has 3 aromatic rings. The van der Waals surface area contributed by atoms with E-state index in [4.69, 9.17) is 17.2 Å². The zero-order chi connectivity index (χ0) is 22.2. The van der Waals surface area contributed by atoms with Crippen molar-refractivity contribution in [1.82, 2.24) is 0 Å². The molecule has 0 fully saturated rings. The molecule has 1 aliphatic heterocycles. The topological polar surface area (TPSA) is 27.6 Å². The van der Waals surface area contributed by atoms with Gasteiger partial charge in [-0.2, -0.15) is 0 Å². The molecule has 0 aliphatic carbocycles. The van der Waals surface area contributed by atoms with E-state index >= 15 is 0 Å². The van der Waals surface area contributed by atoms with Crippen molar-refractivity contribution in [3.05, 3.63) is 93.5 Å². The molecule has 5 heteroatoms. The average molecular weight is 492 g/mol. The summed E-state index contributed by atoms with van der Waals surface area (Å²) >= 11 is 9.49. The van der Waals surface area contributed by atoms with Crippen molar-refractivity contribution in [3.8, 4) is 0 Å². The van der Waals surface area contributed by atoms with Crippen LogP contribution in [-0.4, -0.2) is 16.5 Å². The normalized spacial score (nSPS) is 18.3. The lowest BCUT2D eigenvalue weighted by atomic mass is 9.89. The molecule has 4 rings (SSSR count). The Morgan fingerprint density at radius 2 is 1.61 bits per heavy atom. The quantitative estimate of drug-likeness (QED) is 0.398. The molecule has 3 nitrogen and oxygen atoms in total. The molecule has 0 aromatic heterocycles. The highest BCUT2D eigenvalue weighted by Crippen LogP contribution is 2.37. The van der Waals surface area contributed by atoms with E-state index in [1.165, 1.54) is 22.3 Å². The molecule has 0 saturated heterocycles. The third-order valence-electron chi connectivity index (χ3n) is 5.93. The fourth-order valence-electron chi connectivity index (χ4n) is 4.15. The van der Waals surface area contributed by atoms with Crippen molar-refractivity contribution in [2.24, 2.45) is 4.99 Å². The minimum absolute atomic E-state index is 0.456. The predicted molar refractivity (Wildman–Crippen MR) is 139 cm³/mol. The van der Waals surface area contributed by atoms with Crippen LogP contribution in [-0.2, 0) is 6.42 Å². The summed E-state index contributed by atoms with van der Waals surface area (Å²) in [5, 5.41) is 4.23. The Labute approximate surface area is 198 Å². The second-order valence-electron chi connectivity index (χ2n) is 8.34. The maximum absolute atomic E-state index is 5.81. The van der Waals surface area contributed by atoms with E-state index in [2.05, 4.69) is 115 Å². The van der Waals surface area contributed by atoms with Crippen molar-refractivity contribution in [2.75, 3.05) is 10.2 Å². The summed E-state index contributed by atoms with van der Waals surface area (Å²) in [7, 11) is 0. The number of aryl methyl sites for hydroxylation is 3. The first-order chi connectivity index (χ1) is 14.8. The molecule has 0 unspecified atom stereocenters. The van der Waals surface area contributed by atoms with E-state index in [1.807, 2.05) is 6.07 Å². The van der Waals surface area contributed by atoms with Crippen LogP contribution in [0.25, 0.3) is 0 Å². The van der Waals surface area contributed by atoms with Crippen LogP contribution in [0.5, 0.6) is 0 Å². The molecule has 1 N–H and O–H groups in total. The number of rotatable bonds is 4. The third-order valence-corrected chi connectivity index (χ3v) is 7.06. The van der Waals surface area contributed by atoms with Gasteiger partial charge in [-0.15, -0.1) is 0 Å². The molecular formula is C26H26BrN3S. The largest absolute Gasteiger partial charge is 0.341 e. The van der Waals surface area contributed by atoms with Gasteiger partial charge in [0.2, 0.25) is 5.11 Å². The molecule has 0 amide bonds. The number of amidine groups is 1. The lowest BCUT2D eigenvalue weighted by Crippen LogP contribution is -2.53. The van der Waals surface area contributed by atoms with Crippen LogP contribution in [0.1, 0.15) is 29.2 Å². The minimum atomic E-state index is -0.456. The van der Waals surface area contributed by atoms with Gasteiger partial charge in [0.25, 0.3) is 0 Å². The Bertz CT molecular complexity index is 1150. The number of para-hydroxylation sites is 1. The maximum Gasteiger partial charge on any atom is 0.202 e. The SMILES string of the molecule is Cc1ccc(N2C(=S)N=C(Nc3c(C)cccc3C)[C@]2(C)Cc2ccccc2)cc1Br. The highest BCUT2D eigenvalue weighted by molar-refractivity contribution is 9.10. The predicted octanol–water partition coefficient (Wildman–Crippen LogP) is 6.99. The van der Waals surface area contributed by atoms with Crippen LogP contribution in [0.3, 0.4) is 0 Å². The fourth-order valence-corrected chi connectivity index (χ4v) is 4.91. The van der Waals surface area contributed by atoms with E-state index in [-0.39, 0.29) is 0 Å². The zero-order valence-electron chi connectivity index (χ0n) is 18.2. The summed E-state index contributed by atoms with van der Waals surface area (Å²) in [5.41, 5.74) is 6.47. The van der Waals surface area contributed by atoms with Gasteiger partial charge in [-0.1, -0.05) is 70.5 Å². The van der Waals surface area contributed by atoms with Gasteiger partial charge in [-0.25, -0.2) is 4.99 Å². The lowest BCUT2D eigenvalue weighted by Gasteiger charge is -2.38. The van der Waals surface area contributed by atoms with E-state index < -0.39 is 5.54 Å². The van der Waals surface area contributed by atoms with Crippen molar-refractivity contribution in [1.29, 1.82) is 0 Å². The van der Waals surface area contributed by atoms with Crippen LogP contribution in [0.15, 0.2) is 76.2 Å². The summed E-state index contributed by atoms with van der Waals surface area (Å²) in [6.45, 7) is 8.54. The highest BCUT2D eigenvalue weighted by atomic mass is 79.9. The summed E-state index contributed by atoms with van der Waals surface area (Å²) in [6, 6.07) is 23.2. The molecule has 0 spiro atoms. The molecule has 0 bridgehead atoms. The molecule has 0 radical (unpaired) electrons. The molecule has 158 valence electrons. The van der Waals surface area contributed by atoms with Gasteiger partial charge in [0.05, 0.1) is 0 Å². The van der Waals surface area contributed by atoms with Gasteiger partial charge in [-0.3, -0.25) is 0 Å². The third kappa shape index (κ3) is 4.17. The number of hydrogen-bond acceptors (Lipinski definition) is 2. The monoisotopic (exact) mass is 491 g/mol. The fraction of sp³-hybridized carbons (Fsp3) is 0.231. The summed E-state index contributed by atoms with van der Waals surface area (Å²) < 4.78 is 1.06. The zero-order valence-corrected chi connectivity index (χ0v) is 20.6. The first kappa shape index (κ1) is 21.7. The van der Waals surface area contributed by atoms with Crippen LogP contribution >= 0.6 is 28.1 Å². The first-order valence-corrected chi connectivity index (χ1v) is 11.6. The lowest BCUT2D eigenvalue weighted by molar-refractivity contribution is 0.626. The number of anilines is 2. The Hall–Kier alpha value is -2.50. The summed E-state index contributed by atoms with van der Waals surface area (Å²) in [5.74, 6) is 0.871. The second-order valence-corrected chi connectivity index (χ2v) is 9.56. The van der Waals surface area contributed by atoms with Crippen LogP contribution in [0, 0.1) is 20.8 Å². The molecule has 3 aromatic carbocycles. The average Bonchev–Trinajstić information content (AvgIpc) is 2.97. The number of thiocarbonyl (C=S) groups is 1. The van der Waals surface area contributed by atoms with E-state index in [9.17, 15) is 0 Å². The second kappa shape index (κ2) is 8.56. The summed E-state index contributed by atoms with van der Waals surface area (Å²) in [4.78, 5) is 7.05. The van der Waals surface area contributed by atoms with Crippen molar-refractivity contribution < 1.29 is 0 Å². The van der Waals surface area contributed by atoms with Crippen LogP contribution < -0.4 is 10.2 Å². The Kier molecular flexibility index (Phi) is 6.00. The van der Waals surface area contributed by atoms with Gasteiger partial charge in [0.15, 0.2) is 0 Å². The number of aliphatic imine (C=N–C) groups is 1. The van der Waals surface area contributed by atoms with E-state index in [0.29, 0.717) is 5.11 Å². The maximum atomic E-state index is 5.81. The molecular weight excluding hydrogens is 466 g/mol. The smallest absolute Gasteiger partial charge is 0.202 e. The minimum Gasteiger partial charge on any atom is -0.341 e. The van der Waals surface area contributed by atoms with Crippen molar-refractivity contribution in [3.63, 3.8) is 0 Å². The van der Waals surface area contributed by atoms with Gasteiger partial charge in [-0.05, 0) is 74.3 Å². The van der Waals surface area contributed by atoms with Crippen molar-refractivity contribution in [2.45, 2.75) is 39.7 Å². The van der Waals surface area contributed by atoms with Crippen LogP contribution in [0.4, 0.5) is 11.4 Å². The van der Waals surface area contributed by atoms with Crippen molar-refractivity contribution >= 4 is 50.5 Å². The summed E-state index contributed by atoms with van der Waals surface area (Å²) in [6.07, 6.45) is 0.774. The number of nitrogens with one attached hydrogen (secondary N) is 1. The highest BCUT2D eigenvalue weighted by Gasteiger charge is 2.45. The Morgan fingerprint density at radius 1 is 0.935 bits per heavy atom. The van der Waals surface area contributed by atoms with Crippen LogP contribution in [0.2, 0.25) is 0 Å². The van der Waals surface area contributed by atoms with Gasteiger partial charge in [0.1, 0.15) is 11.4 Å². The first-order valence-electron chi connectivity index (χ1n) is 10.4. The Balaban J connectivity index is 1.80. The molecule has 1 aliphatic rings. The molecule has 1 atom stereocenters. The van der Waals surface area contributed by atoms with E-state index in [0.717, 1.165) is 28.1 Å². The number of hydrogen-bond donors (Lipinski definition) is 1. The van der Waals surface area contributed by atoms with Gasteiger partial charge in [0, 0.05) is 22.3 Å². The molecule has 1 heterocycles. The number of halogens is 1. The standard InChI is InChI=1S/C26H26BrN3S/c1-17-13-14-21(15-22(17)27)30-25(31)29-24(28-23-18(2)9-8-10-19(23)3)26(30,4)16-20-11-6-5-7-12-20/h5-15H,16H2,1-4H3,(H,28,29,31)/t26-/m0/s1. The van der Waals surface area contributed by atoms with E-state index in [1.54, 1.807) is 0 Å².